The number of halogens is 2. The van der Waals surface area contributed by atoms with Gasteiger partial charge in [0.1, 0.15) is 0 Å². The summed E-state index contributed by atoms with van der Waals surface area (Å²) in [5.74, 6) is 0. The van der Waals surface area contributed by atoms with Gasteiger partial charge in [-0.1, -0.05) is 63.0 Å². The average molecular weight is 394 g/mol. The quantitative estimate of drug-likeness (QED) is 0.613. The normalized spacial score (nSPS) is 13.6. The molecule has 0 atom stereocenters. The summed E-state index contributed by atoms with van der Waals surface area (Å²) >= 11 is 7.58. The van der Waals surface area contributed by atoms with Crippen molar-refractivity contribution in [1.29, 1.82) is 0 Å². The summed E-state index contributed by atoms with van der Waals surface area (Å²) in [5.41, 5.74) is 7.19. The molecule has 0 unspecified atom stereocenters. The molecule has 0 saturated heterocycles. The Labute approximate surface area is 137 Å². The molecule has 0 heterocycles. The molecule has 0 radical (unpaired) electrons. The van der Waals surface area contributed by atoms with Crippen molar-refractivity contribution in [2.24, 2.45) is 0 Å². The minimum atomic E-state index is 0.996. The SMILES string of the molecule is CCc1ccc(Cc2cc(Br)c3c(c2Br)CCC3)cc1. The van der Waals surface area contributed by atoms with E-state index in [1.54, 1.807) is 0 Å². The summed E-state index contributed by atoms with van der Waals surface area (Å²) in [4.78, 5) is 0. The molecule has 0 fully saturated rings. The van der Waals surface area contributed by atoms with Crippen LogP contribution in [-0.2, 0) is 25.7 Å². The van der Waals surface area contributed by atoms with Crippen LogP contribution >= 0.6 is 31.9 Å². The third-order valence-corrected chi connectivity index (χ3v) is 5.88. The third-order valence-electron chi connectivity index (χ3n) is 4.18. The first-order valence-corrected chi connectivity index (χ1v) is 8.84. The molecule has 1 aliphatic carbocycles. The van der Waals surface area contributed by atoms with Gasteiger partial charge in [0.25, 0.3) is 0 Å². The maximum Gasteiger partial charge on any atom is 0.0246 e. The highest BCUT2D eigenvalue weighted by Crippen LogP contribution is 2.37. The van der Waals surface area contributed by atoms with Gasteiger partial charge < -0.3 is 0 Å². The van der Waals surface area contributed by atoms with E-state index in [-0.39, 0.29) is 0 Å². The first-order valence-electron chi connectivity index (χ1n) is 7.25. The lowest BCUT2D eigenvalue weighted by Gasteiger charge is -2.12. The lowest BCUT2D eigenvalue weighted by molar-refractivity contribution is 0.909. The minimum Gasteiger partial charge on any atom is -0.0613 e. The first-order chi connectivity index (χ1) is 9.69. The highest BCUT2D eigenvalue weighted by molar-refractivity contribution is 9.11. The molecule has 104 valence electrons. The summed E-state index contributed by atoms with van der Waals surface area (Å²) in [5, 5.41) is 0. The van der Waals surface area contributed by atoms with Crippen molar-refractivity contribution >= 4 is 31.9 Å². The predicted octanol–water partition coefficient (Wildman–Crippen LogP) is 5.85. The Morgan fingerprint density at radius 2 is 1.60 bits per heavy atom. The monoisotopic (exact) mass is 392 g/mol. The lowest BCUT2D eigenvalue weighted by atomic mass is 9.99. The van der Waals surface area contributed by atoms with Gasteiger partial charge >= 0.3 is 0 Å². The van der Waals surface area contributed by atoms with Crippen LogP contribution in [0.4, 0.5) is 0 Å². The Morgan fingerprint density at radius 3 is 2.30 bits per heavy atom. The second kappa shape index (κ2) is 6.03. The standard InChI is InChI=1S/C18H18Br2/c1-2-12-6-8-13(9-7-12)10-14-11-17(19)15-4-3-5-16(15)18(14)20/h6-9,11H,2-5,10H2,1H3. The molecular formula is C18H18Br2. The highest BCUT2D eigenvalue weighted by atomic mass is 79.9. The van der Waals surface area contributed by atoms with Crippen LogP contribution in [0.1, 0.15) is 41.2 Å². The van der Waals surface area contributed by atoms with Crippen molar-refractivity contribution in [3.63, 3.8) is 0 Å². The second-order valence-electron chi connectivity index (χ2n) is 5.49. The zero-order valence-electron chi connectivity index (χ0n) is 11.7. The van der Waals surface area contributed by atoms with E-state index >= 15 is 0 Å². The summed E-state index contributed by atoms with van der Waals surface area (Å²) < 4.78 is 2.61. The van der Waals surface area contributed by atoms with E-state index in [9.17, 15) is 0 Å². The van der Waals surface area contributed by atoms with Crippen molar-refractivity contribution < 1.29 is 0 Å². The van der Waals surface area contributed by atoms with Gasteiger partial charge in [-0.3, -0.25) is 0 Å². The van der Waals surface area contributed by atoms with Crippen LogP contribution in [0, 0.1) is 0 Å². The van der Waals surface area contributed by atoms with Crippen molar-refractivity contribution in [2.75, 3.05) is 0 Å². The topological polar surface area (TPSA) is 0 Å². The Morgan fingerprint density at radius 1 is 0.950 bits per heavy atom. The van der Waals surface area contributed by atoms with Crippen LogP contribution in [0.2, 0.25) is 0 Å². The molecule has 20 heavy (non-hydrogen) atoms. The van der Waals surface area contributed by atoms with Gasteiger partial charge in [0.15, 0.2) is 0 Å². The summed E-state index contributed by atoms with van der Waals surface area (Å²) in [6.07, 6.45) is 5.79. The summed E-state index contributed by atoms with van der Waals surface area (Å²) in [6.45, 7) is 2.20. The zero-order chi connectivity index (χ0) is 14.1. The number of hydrogen-bond acceptors (Lipinski definition) is 0. The van der Waals surface area contributed by atoms with Crippen LogP contribution in [0.5, 0.6) is 0 Å². The Balaban J connectivity index is 1.92. The van der Waals surface area contributed by atoms with E-state index < -0.39 is 0 Å². The maximum absolute atomic E-state index is 3.83. The molecule has 0 bridgehead atoms. The van der Waals surface area contributed by atoms with Gasteiger partial charge in [0, 0.05) is 8.95 Å². The van der Waals surface area contributed by atoms with E-state index in [1.165, 1.54) is 56.0 Å². The molecule has 3 rings (SSSR count). The molecule has 0 saturated carbocycles. The summed E-state index contributed by atoms with van der Waals surface area (Å²) in [7, 11) is 0. The van der Waals surface area contributed by atoms with Gasteiger partial charge in [0.05, 0.1) is 0 Å². The van der Waals surface area contributed by atoms with Gasteiger partial charge in [-0.05, 0) is 66.0 Å². The molecule has 2 aromatic rings. The van der Waals surface area contributed by atoms with E-state index in [2.05, 4.69) is 69.1 Å². The lowest BCUT2D eigenvalue weighted by Crippen LogP contribution is -1.96. The molecule has 0 amide bonds. The molecule has 2 aromatic carbocycles. The second-order valence-corrected chi connectivity index (χ2v) is 7.14. The number of rotatable bonds is 3. The van der Waals surface area contributed by atoms with Gasteiger partial charge in [-0.15, -0.1) is 0 Å². The first kappa shape index (κ1) is 14.3. The Bertz CT molecular complexity index is 627. The maximum atomic E-state index is 3.83. The van der Waals surface area contributed by atoms with E-state index in [0.29, 0.717) is 0 Å². The zero-order valence-corrected chi connectivity index (χ0v) is 14.9. The third kappa shape index (κ3) is 2.73. The van der Waals surface area contributed by atoms with Gasteiger partial charge in [0.2, 0.25) is 0 Å². The fraction of sp³-hybridized carbons (Fsp3) is 0.333. The van der Waals surface area contributed by atoms with E-state index in [0.717, 1.165) is 12.8 Å². The van der Waals surface area contributed by atoms with Crippen molar-refractivity contribution in [3.05, 3.63) is 67.1 Å². The van der Waals surface area contributed by atoms with Crippen LogP contribution in [0.3, 0.4) is 0 Å². The fourth-order valence-electron chi connectivity index (χ4n) is 2.99. The Hall–Kier alpha value is -0.600. The average Bonchev–Trinajstić information content (AvgIpc) is 2.95. The molecule has 0 N–H and O–H groups in total. The molecular weight excluding hydrogens is 376 g/mol. The molecule has 2 heteroatoms. The van der Waals surface area contributed by atoms with E-state index in [1.807, 2.05) is 0 Å². The number of hydrogen-bond donors (Lipinski definition) is 0. The minimum absolute atomic E-state index is 0.996. The number of fused-ring (bicyclic) bond motifs is 1. The molecule has 0 spiro atoms. The summed E-state index contributed by atoms with van der Waals surface area (Å²) in [6, 6.07) is 11.3. The molecule has 1 aliphatic rings. The van der Waals surface area contributed by atoms with Crippen LogP contribution < -0.4 is 0 Å². The molecule has 0 aromatic heterocycles. The van der Waals surface area contributed by atoms with Gasteiger partial charge in [-0.2, -0.15) is 0 Å². The van der Waals surface area contributed by atoms with Crippen molar-refractivity contribution in [2.45, 2.75) is 39.0 Å². The van der Waals surface area contributed by atoms with Crippen LogP contribution in [0.15, 0.2) is 39.3 Å². The highest BCUT2D eigenvalue weighted by Gasteiger charge is 2.19. The molecule has 0 aliphatic heterocycles. The predicted molar refractivity (Wildman–Crippen MR) is 92.5 cm³/mol. The smallest absolute Gasteiger partial charge is 0.0246 e. The number of aryl methyl sites for hydroxylation is 1. The van der Waals surface area contributed by atoms with Gasteiger partial charge in [-0.25, -0.2) is 0 Å². The van der Waals surface area contributed by atoms with E-state index in [4.69, 9.17) is 0 Å². The van der Waals surface area contributed by atoms with Crippen LogP contribution in [0.25, 0.3) is 0 Å². The molecule has 0 nitrogen and oxygen atoms in total. The fourth-order valence-corrected chi connectivity index (χ4v) is 4.39. The van der Waals surface area contributed by atoms with Crippen molar-refractivity contribution in [3.8, 4) is 0 Å². The largest absolute Gasteiger partial charge is 0.0613 e. The Kier molecular flexibility index (Phi) is 4.32. The van der Waals surface area contributed by atoms with Crippen LogP contribution in [-0.4, -0.2) is 0 Å². The van der Waals surface area contributed by atoms with Crippen molar-refractivity contribution in [1.82, 2.24) is 0 Å². The number of benzene rings is 2.